The summed E-state index contributed by atoms with van der Waals surface area (Å²) in [6, 6.07) is 15.3. The molecule has 2 rings (SSSR count). The van der Waals surface area contributed by atoms with Gasteiger partial charge >= 0.3 is 0 Å². The zero-order chi connectivity index (χ0) is 9.26. The molecule has 0 spiro atoms. The maximum atomic E-state index is 2.31. The number of fused-ring (bicyclic) bond motifs is 1. The largest absolute Gasteiger partial charge is 0.0817 e. The molecule has 2 aromatic carbocycles. The Hall–Kier alpha value is -0.870. The van der Waals surface area contributed by atoms with Crippen molar-refractivity contribution in [2.45, 2.75) is 0 Å². The minimum absolute atomic E-state index is 0.0312. The van der Waals surface area contributed by atoms with Crippen LogP contribution < -0.4 is 5.30 Å². The van der Waals surface area contributed by atoms with Crippen molar-refractivity contribution in [3.8, 4) is 0 Å². The summed E-state index contributed by atoms with van der Waals surface area (Å²) < 4.78 is 0. The normalized spacial score (nSPS) is 11.0. The molecule has 0 fully saturated rings. The van der Waals surface area contributed by atoms with Gasteiger partial charge < -0.3 is 0 Å². The first kappa shape index (κ1) is 8.72. The fraction of sp³-hybridized carbons (Fsp3) is 0.167. The first-order chi connectivity index (χ1) is 6.27. The lowest BCUT2D eigenvalue weighted by atomic mass is 10.1. The highest BCUT2D eigenvalue weighted by molar-refractivity contribution is 7.64. The van der Waals surface area contributed by atoms with Crippen LogP contribution in [0.15, 0.2) is 42.5 Å². The van der Waals surface area contributed by atoms with Crippen LogP contribution in [0, 0.1) is 0 Å². The van der Waals surface area contributed by atoms with Crippen molar-refractivity contribution >= 4 is 24.0 Å². The van der Waals surface area contributed by atoms with Gasteiger partial charge in [0.2, 0.25) is 0 Å². The van der Waals surface area contributed by atoms with E-state index in [1.807, 2.05) is 0 Å². The number of hydrogen-bond donors (Lipinski definition) is 0. The van der Waals surface area contributed by atoms with Crippen molar-refractivity contribution in [2.24, 2.45) is 0 Å². The van der Waals surface area contributed by atoms with Crippen molar-refractivity contribution in [3.05, 3.63) is 42.5 Å². The summed E-state index contributed by atoms with van der Waals surface area (Å²) in [5.74, 6) is 0. The molecule has 66 valence electrons. The van der Waals surface area contributed by atoms with Gasteiger partial charge in [0, 0.05) is 0 Å². The molecular weight excluding hydrogens is 175 g/mol. The molecule has 0 saturated carbocycles. The lowest BCUT2D eigenvalue weighted by Gasteiger charge is -2.06. The SMILES string of the molecule is CP(C)c1ccc2ccccc2c1. The minimum atomic E-state index is 0.0312. The summed E-state index contributed by atoms with van der Waals surface area (Å²) in [6.07, 6.45) is 0. The molecule has 1 heteroatoms. The van der Waals surface area contributed by atoms with E-state index in [9.17, 15) is 0 Å². The van der Waals surface area contributed by atoms with Crippen molar-refractivity contribution < 1.29 is 0 Å². The minimum Gasteiger partial charge on any atom is -0.0817 e. The highest BCUT2D eigenvalue weighted by Gasteiger charge is 1.98. The van der Waals surface area contributed by atoms with Crippen molar-refractivity contribution in [1.29, 1.82) is 0 Å². The molecule has 0 amide bonds. The van der Waals surface area contributed by atoms with Crippen LogP contribution in [-0.2, 0) is 0 Å². The molecule has 0 radical (unpaired) electrons. The predicted octanol–water partition coefficient (Wildman–Crippen LogP) is 3.21. The Bertz CT molecular complexity index is 418. The summed E-state index contributed by atoms with van der Waals surface area (Å²) in [5, 5.41) is 4.17. The Morgan fingerprint density at radius 3 is 2.23 bits per heavy atom. The first-order valence-corrected chi connectivity index (χ1v) is 6.67. The Morgan fingerprint density at radius 1 is 0.846 bits per heavy atom. The third kappa shape index (κ3) is 1.73. The molecule has 0 aliphatic carbocycles. The molecule has 0 bridgehead atoms. The molecule has 0 unspecified atom stereocenters. The van der Waals surface area contributed by atoms with Gasteiger partial charge in [-0.2, -0.15) is 0 Å². The summed E-state index contributed by atoms with van der Waals surface area (Å²) in [6.45, 7) is 4.58. The molecule has 2 aromatic rings. The van der Waals surface area contributed by atoms with Gasteiger partial charge in [0.1, 0.15) is 0 Å². The molecule has 0 N–H and O–H groups in total. The second-order valence-electron chi connectivity index (χ2n) is 3.43. The topological polar surface area (TPSA) is 0 Å². The Labute approximate surface area is 80.3 Å². The van der Waals surface area contributed by atoms with Crippen LogP contribution >= 0.6 is 7.92 Å². The Morgan fingerprint density at radius 2 is 1.54 bits per heavy atom. The molecule has 0 atom stereocenters. The quantitative estimate of drug-likeness (QED) is 0.603. The van der Waals surface area contributed by atoms with Gasteiger partial charge in [0.15, 0.2) is 0 Å². The maximum Gasteiger partial charge on any atom is -0.0178 e. The van der Waals surface area contributed by atoms with Crippen LogP contribution in [0.3, 0.4) is 0 Å². The zero-order valence-corrected chi connectivity index (χ0v) is 8.88. The fourth-order valence-corrected chi connectivity index (χ4v) is 2.22. The fourth-order valence-electron chi connectivity index (χ4n) is 1.45. The third-order valence-electron chi connectivity index (χ3n) is 2.25. The van der Waals surface area contributed by atoms with Crippen LogP contribution in [0.25, 0.3) is 10.8 Å². The van der Waals surface area contributed by atoms with Gasteiger partial charge in [-0.05, 0) is 35.5 Å². The lowest BCUT2D eigenvalue weighted by molar-refractivity contribution is 1.78. The zero-order valence-electron chi connectivity index (χ0n) is 7.99. The highest BCUT2D eigenvalue weighted by atomic mass is 31.1. The van der Waals surface area contributed by atoms with E-state index in [0.29, 0.717) is 0 Å². The van der Waals surface area contributed by atoms with Crippen molar-refractivity contribution in [3.63, 3.8) is 0 Å². The Kier molecular flexibility index (Phi) is 2.33. The molecule has 0 aromatic heterocycles. The van der Waals surface area contributed by atoms with Crippen LogP contribution in [0.4, 0.5) is 0 Å². The van der Waals surface area contributed by atoms with Crippen molar-refractivity contribution in [2.75, 3.05) is 13.3 Å². The maximum absolute atomic E-state index is 2.31. The number of rotatable bonds is 1. The van der Waals surface area contributed by atoms with Gasteiger partial charge in [0.25, 0.3) is 0 Å². The van der Waals surface area contributed by atoms with Gasteiger partial charge in [-0.1, -0.05) is 44.3 Å². The number of hydrogen-bond acceptors (Lipinski definition) is 0. The molecular formula is C12H13P. The van der Waals surface area contributed by atoms with Crippen molar-refractivity contribution in [1.82, 2.24) is 0 Å². The first-order valence-electron chi connectivity index (χ1n) is 4.43. The molecule has 0 aliphatic heterocycles. The lowest BCUT2D eigenvalue weighted by Crippen LogP contribution is -1.97. The smallest absolute Gasteiger partial charge is 0.0178 e. The molecule has 0 aliphatic rings. The number of benzene rings is 2. The Balaban J connectivity index is 2.62. The van der Waals surface area contributed by atoms with E-state index in [-0.39, 0.29) is 7.92 Å². The van der Waals surface area contributed by atoms with Crippen LogP contribution in [0.2, 0.25) is 0 Å². The van der Waals surface area contributed by atoms with E-state index < -0.39 is 0 Å². The van der Waals surface area contributed by atoms with Gasteiger partial charge in [-0.25, -0.2) is 0 Å². The summed E-state index contributed by atoms with van der Waals surface area (Å²) in [5.41, 5.74) is 0. The van der Waals surface area contributed by atoms with E-state index in [1.54, 1.807) is 0 Å². The van der Waals surface area contributed by atoms with E-state index in [2.05, 4.69) is 55.8 Å². The summed E-state index contributed by atoms with van der Waals surface area (Å²) in [4.78, 5) is 0. The second kappa shape index (κ2) is 3.47. The van der Waals surface area contributed by atoms with Crippen LogP contribution in [0.5, 0.6) is 0 Å². The van der Waals surface area contributed by atoms with Crippen LogP contribution in [-0.4, -0.2) is 13.3 Å². The van der Waals surface area contributed by atoms with Gasteiger partial charge in [0.05, 0.1) is 0 Å². The average molecular weight is 188 g/mol. The second-order valence-corrected chi connectivity index (χ2v) is 5.73. The standard InChI is InChI=1S/C12H13P/c1-13(2)12-8-7-10-5-3-4-6-11(10)9-12/h3-9H,1-2H3. The van der Waals surface area contributed by atoms with Crippen LogP contribution in [0.1, 0.15) is 0 Å². The van der Waals surface area contributed by atoms with E-state index in [1.165, 1.54) is 16.1 Å². The monoisotopic (exact) mass is 188 g/mol. The van der Waals surface area contributed by atoms with Gasteiger partial charge in [-0.15, -0.1) is 0 Å². The predicted molar refractivity (Wildman–Crippen MR) is 62.4 cm³/mol. The molecule has 0 heterocycles. The average Bonchev–Trinajstić information content (AvgIpc) is 2.17. The highest BCUT2D eigenvalue weighted by Crippen LogP contribution is 2.25. The van der Waals surface area contributed by atoms with E-state index in [0.717, 1.165) is 0 Å². The van der Waals surface area contributed by atoms with E-state index >= 15 is 0 Å². The molecule has 0 nitrogen and oxygen atoms in total. The van der Waals surface area contributed by atoms with E-state index in [4.69, 9.17) is 0 Å². The summed E-state index contributed by atoms with van der Waals surface area (Å²) in [7, 11) is 0.0312. The molecule has 13 heavy (non-hydrogen) atoms. The third-order valence-corrected chi connectivity index (χ3v) is 3.56. The summed E-state index contributed by atoms with van der Waals surface area (Å²) >= 11 is 0. The van der Waals surface area contributed by atoms with Gasteiger partial charge in [-0.3, -0.25) is 0 Å². The molecule has 0 saturated heterocycles.